The van der Waals surface area contributed by atoms with E-state index in [2.05, 4.69) is 9.97 Å². The fourth-order valence-electron chi connectivity index (χ4n) is 2.17. The van der Waals surface area contributed by atoms with Crippen LogP contribution in [0.2, 0.25) is 0 Å². The molecule has 0 amide bonds. The summed E-state index contributed by atoms with van der Waals surface area (Å²) >= 11 is 0. The lowest BCUT2D eigenvalue weighted by Crippen LogP contribution is -2.12. The Morgan fingerprint density at radius 2 is 1.80 bits per heavy atom. The number of anilines is 2. The number of methoxy groups -OCH3 is 1. The van der Waals surface area contributed by atoms with Crippen LogP contribution in [0.3, 0.4) is 0 Å². The van der Waals surface area contributed by atoms with E-state index in [4.69, 9.17) is 10.00 Å². The quantitative estimate of drug-likeness (QED) is 0.856. The second-order valence-electron chi connectivity index (χ2n) is 4.55. The lowest BCUT2D eigenvalue weighted by atomic mass is 10.1. The Kier molecular flexibility index (Phi) is 3.85. The average Bonchev–Trinajstić information content (AvgIpc) is 2.46. The van der Waals surface area contributed by atoms with E-state index in [1.807, 2.05) is 44.0 Å². The van der Waals surface area contributed by atoms with Gasteiger partial charge in [-0.2, -0.15) is 5.26 Å². The number of nitriles is 1. The second kappa shape index (κ2) is 5.57. The third kappa shape index (κ3) is 2.54. The molecule has 0 aliphatic heterocycles. The summed E-state index contributed by atoms with van der Waals surface area (Å²) in [4.78, 5) is 9.99. The van der Waals surface area contributed by atoms with Crippen LogP contribution in [0.15, 0.2) is 24.5 Å². The molecule has 102 valence electrons. The SMILES string of the molecule is COc1c(C)cc(N(C)c2cc(C#N)ncn2)cc1C. The minimum absolute atomic E-state index is 0.351. The first-order chi connectivity index (χ1) is 9.56. The van der Waals surface area contributed by atoms with Crippen LogP contribution in [0.25, 0.3) is 0 Å². The van der Waals surface area contributed by atoms with Gasteiger partial charge in [-0.1, -0.05) is 0 Å². The number of hydrogen-bond donors (Lipinski definition) is 0. The average molecular weight is 268 g/mol. The van der Waals surface area contributed by atoms with E-state index in [1.54, 1.807) is 13.2 Å². The molecule has 0 unspecified atom stereocenters. The van der Waals surface area contributed by atoms with Gasteiger partial charge in [-0.05, 0) is 37.1 Å². The van der Waals surface area contributed by atoms with Crippen molar-refractivity contribution in [1.82, 2.24) is 9.97 Å². The van der Waals surface area contributed by atoms with Crippen molar-refractivity contribution < 1.29 is 4.74 Å². The highest BCUT2D eigenvalue weighted by atomic mass is 16.5. The smallest absolute Gasteiger partial charge is 0.145 e. The van der Waals surface area contributed by atoms with Gasteiger partial charge in [-0.3, -0.25) is 0 Å². The zero-order chi connectivity index (χ0) is 14.7. The summed E-state index contributed by atoms with van der Waals surface area (Å²) in [5.74, 6) is 1.57. The molecule has 0 saturated heterocycles. The standard InChI is InChI=1S/C15H16N4O/c1-10-5-13(6-11(2)15(10)20-4)19(3)14-7-12(8-16)17-9-18-14/h5-7,9H,1-4H3. The number of benzene rings is 1. The van der Waals surface area contributed by atoms with Crippen molar-refractivity contribution >= 4 is 11.5 Å². The Labute approximate surface area is 118 Å². The highest BCUT2D eigenvalue weighted by molar-refractivity contribution is 5.64. The molecule has 2 aromatic rings. The van der Waals surface area contributed by atoms with Crippen LogP contribution < -0.4 is 9.64 Å². The van der Waals surface area contributed by atoms with E-state index in [0.717, 1.165) is 22.6 Å². The molecular formula is C15H16N4O. The maximum Gasteiger partial charge on any atom is 0.145 e. The molecule has 0 bridgehead atoms. The van der Waals surface area contributed by atoms with Crippen molar-refractivity contribution in [2.24, 2.45) is 0 Å². The molecule has 20 heavy (non-hydrogen) atoms. The van der Waals surface area contributed by atoms with E-state index in [0.29, 0.717) is 11.5 Å². The summed E-state index contributed by atoms with van der Waals surface area (Å²) < 4.78 is 5.37. The summed E-state index contributed by atoms with van der Waals surface area (Å²) in [5.41, 5.74) is 3.46. The topological polar surface area (TPSA) is 62.0 Å². The monoisotopic (exact) mass is 268 g/mol. The molecule has 1 heterocycles. The third-order valence-electron chi connectivity index (χ3n) is 3.15. The fourth-order valence-corrected chi connectivity index (χ4v) is 2.17. The summed E-state index contributed by atoms with van der Waals surface area (Å²) in [6, 6.07) is 7.73. The molecule has 0 atom stereocenters. The zero-order valence-corrected chi connectivity index (χ0v) is 12.0. The van der Waals surface area contributed by atoms with Crippen LogP contribution in [-0.2, 0) is 0 Å². The lowest BCUT2D eigenvalue weighted by Gasteiger charge is -2.20. The predicted molar refractivity (Wildman–Crippen MR) is 77.3 cm³/mol. The van der Waals surface area contributed by atoms with Crippen molar-refractivity contribution in [3.8, 4) is 11.8 Å². The van der Waals surface area contributed by atoms with Crippen LogP contribution >= 0.6 is 0 Å². The molecule has 0 aliphatic rings. The fraction of sp³-hybridized carbons (Fsp3) is 0.267. The first-order valence-electron chi connectivity index (χ1n) is 6.18. The number of nitrogens with zero attached hydrogens (tertiary/aromatic N) is 4. The second-order valence-corrected chi connectivity index (χ2v) is 4.55. The van der Waals surface area contributed by atoms with Gasteiger partial charge in [0.15, 0.2) is 0 Å². The Bertz CT molecular complexity index is 653. The van der Waals surface area contributed by atoms with E-state index in [-0.39, 0.29) is 0 Å². The normalized spacial score (nSPS) is 9.95. The van der Waals surface area contributed by atoms with E-state index in [1.165, 1.54) is 6.33 Å². The van der Waals surface area contributed by atoms with Crippen molar-refractivity contribution in [3.63, 3.8) is 0 Å². The Morgan fingerprint density at radius 1 is 1.15 bits per heavy atom. The molecule has 5 heteroatoms. The Hall–Kier alpha value is -2.61. The molecule has 0 saturated carbocycles. The highest BCUT2D eigenvalue weighted by Crippen LogP contribution is 2.30. The van der Waals surface area contributed by atoms with Gasteiger partial charge in [0.25, 0.3) is 0 Å². The number of ether oxygens (including phenoxy) is 1. The summed E-state index contributed by atoms with van der Waals surface area (Å²) in [6.07, 6.45) is 1.40. The summed E-state index contributed by atoms with van der Waals surface area (Å²) in [6.45, 7) is 4.01. The van der Waals surface area contributed by atoms with Gasteiger partial charge in [0.05, 0.1) is 7.11 Å². The molecule has 1 aromatic heterocycles. The van der Waals surface area contributed by atoms with E-state index >= 15 is 0 Å². The zero-order valence-electron chi connectivity index (χ0n) is 12.0. The van der Waals surface area contributed by atoms with Gasteiger partial charge in [0.2, 0.25) is 0 Å². The van der Waals surface area contributed by atoms with Gasteiger partial charge >= 0.3 is 0 Å². The van der Waals surface area contributed by atoms with Gasteiger partial charge in [0.1, 0.15) is 29.7 Å². The molecule has 0 fully saturated rings. The van der Waals surface area contributed by atoms with E-state index < -0.39 is 0 Å². The minimum Gasteiger partial charge on any atom is -0.496 e. The van der Waals surface area contributed by atoms with Gasteiger partial charge < -0.3 is 9.64 Å². The maximum absolute atomic E-state index is 8.90. The molecule has 0 aliphatic carbocycles. The summed E-state index contributed by atoms with van der Waals surface area (Å²) in [7, 11) is 3.58. The minimum atomic E-state index is 0.351. The molecule has 0 spiro atoms. The van der Waals surface area contributed by atoms with Gasteiger partial charge in [-0.15, -0.1) is 0 Å². The third-order valence-corrected chi connectivity index (χ3v) is 3.15. The first-order valence-corrected chi connectivity index (χ1v) is 6.18. The number of rotatable bonds is 3. The largest absolute Gasteiger partial charge is 0.496 e. The number of aromatic nitrogens is 2. The number of aryl methyl sites for hydroxylation is 2. The van der Waals surface area contributed by atoms with Gasteiger partial charge in [0, 0.05) is 18.8 Å². The van der Waals surface area contributed by atoms with Crippen molar-refractivity contribution in [1.29, 1.82) is 5.26 Å². The molecular weight excluding hydrogens is 252 g/mol. The van der Waals surface area contributed by atoms with Crippen LogP contribution in [0.1, 0.15) is 16.8 Å². The molecule has 0 radical (unpaired) electrons. The maximum atomic E-state index is 8.90. The van der Waals surface area contributed by atoms with Crippen LogP contribution in [0, 0.1) is 25.2 Å². The van der Waals surface area contributed by atoms with Crippen molar-refractivity contribution in [3.05, 3.63) is 41.3 Å². The molecule has 5 nitrogen and oxygen atoms in total. The Morgan fingerprint density at radius 3 is 2.35 bits per heavy atom. The van der Waals surface area contributed by atoms with Crippen molar-refractivity contribution in [2.45, 2.75) is 13.8 Å². The first kappa shape index (κ1) is 13.8. The number of hydrogen-bond acceptors (Lipinski definition) is 5. The summed E-state index contributed by atoms with van der Waals surface area (Å²) in [5, 5.41) is 8.90. The van der Waals surface area contributed by atoms with E-state index in [9.17, 15) is 0 Å². The molecule has 2 rings (SSSR count). The van der Waals surface area contributed by atoms with Crippen molar-refractivity contribution in [2.75, 3.05) is 19.1 Å². The molecule has 1 aromatic carbocycles. The van der Waals surface area contributed by atoms with Gasteiger partial charge in [-0.25, -0.2) is 9.97 Å². The predicted octanol–water partition coefficient (Wildman–Crippen LogP) is 2.74. The van der Waals surface area contributed by atoms with Crippen LogP contribution in [-0.4, -0.2) is 24.1 Å². The van der Waals surface area contributed by atoms with Crippen LogP contribution in [0.4, 0.5) is 11.5 Å². The lowest BCUT2D eigenvalue weighted by molar-refractivity contribution is 0.408. The Balaban J connectivity index is 2.43. The highest BCUT2D eigenvalue weighted by Gasteiger charge is 2.11. The molecule has 0 N–H and O–H groups in total. The van der Waals surface area contributed by atoms with Crippen LogP contribution in [0.5, 0.6) is 5.75 Å².